The minimum atomic E-state index is -0.442. The Bertz CT molecular complexity index is 679. The van der Waals surface area contributed by atoms with Gasteiger partial charge in [0.25, 0.3) is 0 Å². The number of carbonyl (C=O) groups excluding carboxylic acids is 1. The fourth-order valence-electron chi connectivity index (χ4n) is 1.63. The number of rotatable bonds is 2. The molecule has 0 fully saturated rings. The van der Waals surface area contributed by atoms with Crippen molar-refractivity contribution in [3.05, 3.63) is 44.2 Å². The quantitative estimate of drug-likeness (QED) is 0.863. The van der Waals surface area contributed by atoms with Gasteiger partial charge in [0, 0.05) is 17.1 Å². The lowest BCUT2D eigenvalue weighted by atomic mass is 10.1. The standard InChI is InChI=1S/C12H9Cl2NO3/c1-18-10(17)5-6-4-9(16)7-2-3-8(13)11(14)12(7)15-6/h2-4H,5H2,1H3,(H,15,16). The van der Waals surface area contributed by atoms with E-state index in [-0.39, 0.29) is 16.9 Å². The molecule has 2 rings (SSSR count). The highest BCUT2D eigenvalue weighted by Crippen LogP contribution is 2.28. The first kappa shape index (κ1) is 12.9. The number of H-pyrrole nitrogens is 1. The smallest absolute Gasteiger partial charge is 0.311 e. The van der Waals surface area contributed by atoms with Gasteiger partial charge in [0.2, 0.25) is 0 Å². The molecule has 94 valence electrons. The van der Waals surface area contributed by atoms with Crippen molar-refractivity contribution in [1.82, 2.24) is 4.98 Å². The molecular weight excluding hydrogens is 277 g/mol. The van der Waals surface area contributed by atoms with Gasteiger partial charge < -0.3 is 9.72 Å². The van der Waals surface area contributed by atoms with Crippen LogP contribution in [0.3, 0.4) is 0 Å². The van der Waals surface area contributed by atoms with Crippen molar-refractivity contribution in [1.29, 1.82) is 0 Å². The zero-order chi connectivity index (χ0) is 13.3. The van der Waals surface area contributed by atoms with E-state index in [4.69, 9.17) is 23.2 Å². The Hall–Kier alpha value is -1.52. The van der Waals surface area contributed by atoms with E-state index >= 15 is 0 Å². The number of nitrogens with one attached hydrogen (secondary N) is 1. The molecular formula is C12H9Cl2NO3. The van der Waals surface area contributed by atoms with Crippen molar-refractivity contribution in [3.8, 4) is 0 Å². The number of benzene rings is 1. The van der Waals surface area contributed by atoms with Crippen LogP contribution in [-0.4, -0.2) is 18.1 Å². The zero-order valence-electron chi connectivity index (χ0n) is 9.42. The van der Waals surface area contributed by atoms with E-state index in [1.807, 2.05) is 0 Å². The second-order valence-corrected chi connectivity index (χ2v) is 4.48. The molecule has 1 N–H and O–H groups in total. The molecule has 4 nitrogen and oxygen atoms in total. The maximum absolute atomic E-state index is 11.9. The predicted molar refractivity (Wildman–Crippen MR) is 70.3 cm³/mol. The van der Waals surface area contributed by atoms with Gasteiger partial charge in [0.05, 0.1) is 29.1 Å². The number of hydrogen-bond donors (Lipinski definition) is 1. The van der Waals surface area contributed by atoms with Crippen molar-refractivity contribution in [2.75, 3.05) is 7.11 Å². The lowest BCUT2D eigenvalue weighted by molar-refractivity contribution is -0.139. The summed E-state index contributed by atoms with van der Waals surface area (Å²) < 4.78 is 4.54. The average molecular weight is 286 g/mol. The monoisotopic (exact) mass is 285 g/mol. The summed E-state index contributed by atoms with van der Waals surface area (Å²) in [4.78, 5) is 26.0. The Kier molecular flexibility index (Phi) is 3.59. The summed E-state index contributed by atoms with van der Waals surface area (Å²) in [5, 5.41) is 1.03. The van der Waals surface area contributed by atoms with E-state index in [9.17, 15) is 9.59 Å². The lowest BCUT2D eigenvalue weighted by Crippen LogP contribution is -2.11. The molecule has 1 aromatic carbocycles. The first-order valence-corrected chi connectivity index (χ1v) is 5.85. The predicted octanol–water partition coefficient (Wildman–Crippen LogP) is 2.55. The van der Waals surface area contributed by atoms with Crippen molar-refractivity contribution in [2.24, 2.45) is 0 Å². The van der Waals surface area contributed by atoms with Gasteiger partial charge in [-0.2, -0.15) is 0 Å². The SMILES string of the molecule is COC(=O)Cc1cc(=O)c2ccc(Cl)c(Cl)c2[nH]1. The van der Waals surface area contributed by atoms with Crippen molar-refractivity contribution >= 4 is 40.1 Å². The Morgan fingerprint density at radius 3 is 2.78 bits per heavy atom. The summed E-state index contributed by atoms with van der Waals surface area (Å²) in [6, 6.07) is 4.50. The highest BCUT2D eigenvalue weighted by atomic mass is 35.5. The fourth-order valence-corrected chi connectivity index (χ4v) is 2.00. The molecule has 0 spiro atoms. The van der Waals surface area contributed by atoms with Gasteiger partial charge in [0.1, 0.15) is 0 Å². The molecule has 0 atom stereocenters. The van der Waals surface area contributed by atoms with Crippen LogP contribution in [0.4, 0.5) is 0 Å². The largest absolute Gasteiger partial charge is 0.469 e. The average Bonchev–Trinajstić information content (AvgIpc) is 2.34. The van der Waals surface area contributed by atoms with Crippen LogP contribution in [0.25, 0.3) is 10.9 Å². The molecule has 0 radical (unpaired) electrons. The zero-order valence-corrected chi connectivity index (χ0v) is 10.9. The van der Waals surface area contributed by atoms with Gasteiger partial charge in [0.15, 0.2) is 5.43 Å². The maximum atomic E-state index is 11.9. The normalized spacial score (nSPS) is 10.6. The number of carbonyl (C=O) groups is 1. The molecule has 0 bridgehead atoms. The number of methoxy groups -OCH3 is 1. The number of aromatic amines is 1. The van der Waals surface area contributed by atoms with E-state index < -0.39 is 5.97 Å². The number of halogens is 2. The van der Waals surface area contributed by atoms with Crippen LogP contribution in [0.2, 0.25) is 10.0 Å². The molecule has 0 unspecified atom stereocenters. The van der Waals surface area contributed by atoms with Gasteiger partial charge in [-0.25, -0.2) is 0 Å². The Labute approximate surface area is 112 Å². The van der Waals surface area contributed by atoms with E-state index in [0.29, 0.717) is 21.6 Å². The minimum absolute atomic E-state index is 0.0233. The highest BCUT2D eigenvalue weighted by molar-refractivity contribution is 6.44. The molecule has 1 aromatic heterocycles. The summed E-state index contributed by atoms with van der Waals surface area (Å²) >= 11 is 11.9. The van der Waals surface area contributed by atoms with Crippen molar-refractivity contribution in [3.63, 3.8) is 0 Å². The van der Waals surface area contributed by atoms with Crippen molar-refractivity contribution in [2.45, 2.75) is 6.42 Å². The summed E-state index contributed by atoms with van der Waals surface area (Å²) in [6.45, 7) is 0. The lowest BCUT2D eigenvalue weighted by Gasteiger charge is -2.06. The minimum Gasteiger partial charge on any atom is -0.469 e. The third-order valence-electron chi connectivity index (χ3n) is 2.51. The van der Waals surface area contributed by atoms with E-state index in [2.05, 4.69) is 9.72 Å². The van der Waals surface area contributed by atoms with Crippen LogP contribution in [0.15, 0.2) is 23.0 Å². The number of pyridine rings is 1. The number of ether oxygens (including phenoxy) is 1. The first-order valence-electron chi connectivity index (χ1n) is 5.09. The van der Waals surface area contributed by atoms with Gasteiger partial charge in [-0.05, 0) is 12.1 Å². The highest BCUT2D eigenvalue weighted by Gasteiger charge is 2.10. The van der Waals surface area contributed by atoms with E-state index in [1.165, 1.54) is 13.2 Å². The van der Waals surface area contributed by atoms with Gasteiger partial charge in [-0.1, -0.05) is 23.2 Å². The van der Waals surface area contributed by atoms with Crippen LogP contribution < -0.4 is 5.43 Å². The third kappa shape index (κ3) is 2.35. The maximum Gasteiger partial charge on any atom is 0.311 e. The summed E-state index contributed by atoms with van der Waals surface area (Å²) in [7, 11) is 1.28. The van der Waals surface area contributed by atoms with Gasteiger partial charge in [-0.15, -0.1) is 0 Å². The first-order chi connectivity index (χ1) is 8.52. The summed E-state index contributed by atoms with van der Waals surface area (Å²) in [5.74, 6) is -0.442. The molecule has 1 heterocycles. The number of hydrogen-bond acceptors (Lipinski definition) is 3. The molecule has 0 aliphatic carbocycles. The van der Waals surface area contributed by atoms with Crippen LogP contribution in [-0.2, 0) is 16.0 Å². The molecule has 6 heteroatoms. The number of aromatic nitrogens is 1. The number of esters is 1. The molecule has 2 aromatic rings. The van der Waals surface area contributed by atoms with Crippen LogP contribution in [0.5, 0.6) is 0 Å². The number of fused-ring (bicyclic) bond motifs is 1. The Balaban J connectivity index is 2.63. The third-order valence-corrected chi connectivity index (χ3v) is 3.32. The van der Waals surface area contributed by atoms with Crippen LogP contribution in [0, 0.1) is 0 Å². The Morgan fingerprint density at radius 2 is 2.11 bits per heavy atom. The molecule has 0 saturated heterocycles. The second kappa shape index (κ2) is 5.00. The van der Waals surface area contributed by atoms with E-state index in [0.717, 1.165) is 0 Å². The summed E-state index contributed by atoms with van der Waals surface area (Å²) in [6.07, 6.45) is -0.0233. The molecule has 18 heavy (non-hydrogen) atoms. The molecule has 0 aliphatic heterocycles. The molecule has 0 aliphatic rings. The molecule has 0 amide bonds. The van der Waals surface area contributed by atoms with Crippen molar-refractivity contribution < 1.29 is 9.53 Å². The second-order valence-electron chi connectivity index (χ2n) is 3.70. The molecule has 0 saturated carbocycles. The Morgan fingerprint density at radius 1 is 1.39 bits per heavy atom. The van der Waals surface area contributed by atoms with Gasteiger partial charge >= 0.3 is 5.97 Å². The van der Waals surface area contributed by atoms with Gasteiger partial charge in [-0.3, -0.25) is 9.59 Å². The van der Waals surface area contributed by atoms with Crippen LogP contribution in [0.1, 0.15) is 5.69 Å². The van der Waals surface area contributed by atoms with E-state index in [1.54, 1.807) is 12.1 Å². The fraction of sp³-hybridized carbons (Fsp3) is 0.167. The summed E-state index contributed by atoms with van der Waals surface area (Å²) in [5.41, 5.74) is 0.639. The topological polar surface area (TPSA) is 59.2 Å². The van der Waals surface area contributed by atoms with Crippen LogP contribution >= 0.6 is 23.2 Å².